The van der Waals surface area contributed by atoms with Crippen molar-refractivity contribution in [3.63, 3.8) is 0 Å². The van der Waals surface area contributed by atoms with Gasteiger partial charge in [0.1, 0.15) is 11.6 Å². The summed E-state index contributed by atoms with van der Waals surface area (Å²) in [6.45, 7) is 2.84. The molecule has 0 atom stereocenters. The molecule has 0 fully saturated rings. The monoisotopic (exact) mass is 366 g/mol. The smallest absolute Gasteiger partial charge is 0.231 e. The van der Waals surface area contributed by atoms with Crippen molar-refractivity contribution in [2.75, 3.05) is 23.9 Å². The Balaban J connectivity index is 1.65. The molecule has 2 aromatic carbocycles. The molecule has 3 aromatic rings. The quantitative estimate of drug-likeness (QED) is 0.712. The Bertz CT molecular complexity index is 960. The van der Waals surface area contributed by atoms with E-state index in [1.165, 1.54) is 11.3 Å². The number of halogens is 1. The number of hydrogen-bond donors (Lipinski definition) is 1. The van der Waals surface area contributed by atoms with Gasteiger partial charge in [0.25, 0.3) is 0 Å². The van der Waals surface area contributed by atoms with Crippen LogP contribution < -0.4 is 15.0 Å². The highest BCUT2D eigenvalue weighted by atomic mass is 35.5. The molecular weight excluding hydrogens is 348 g/mol. The predicted octanol–water partition coefficient (Wildman–Crippen LogP) is 4.88. The lowest BCUT2D eigenvalue weighted by Gasteiger charge is -2.18. The minimum absolute atomic E-state index is 0.671. The molecule has 6 heteroatoms. The molecule has 1 aliphatic heterocycles. The Kier molecular flexibility index (Phi) is 4.39. The lowest BCUT2D eigenvalue weighted by Crippen LogP contribution is -2.16. The van der Waals surface area contributed by atoms with Crippen molar-refractivity contribution in [1.29, 1.82) is 0 Å². The summed E-state index contributed by atoms with van der Waals surface area (Å²) in [5.41, 5.74) is 4.28. The zero-order valence-corrected chi connectivity index (χ0v) is 15.4. The highest BCUT2D eigenvalue weighted by Gasteiger charge is 2.22. The molecule has 2 heterocycles. The molecule has 0 saturated carbocycles. The number of methoxy groups -OCH3 is 1. The van der Waals surface area contributed by atoms with Crippen molar-refractivity contribution in [3.8, 4) is 5.75 Å². The second-order valence-corrected chi connectivity index (χ2v) is 6.61. The van der Waals surface area contributed by atoms with Gasteiger partial charge in [-0.25, -0.2) is 4.98 Å². The maximum atomic E-state index is 6.19. The van der Waals surface area contributed by atoms with Gasteiger partial charge in [0.05, 0.1) is 12.8 Å². The maximum absolute atomic E-state index is 6.19. The number of aryl methyl sites for hydroxylation is 1. The average Bonchev–Trinajstić information content (AvgIpc) is 3.09. The number of hydrogen-bond acceptors (Lipinski definition) is 5. The first-order chi connectivity index (χ1) is 12.7. The molecule has 0 spiro atoms. The SMILES string of the molecule is COc1cc(Cl)c(C)cc1Nc1ccnc(N2CCc3ccccc32)n1. The largest absolute Gasteiger partial charge is 0.495 e. The van der Waals surface area contributed by atoms with E-state index in [-0.39, 0.29) is 0 Å². The molecule has 1 aromatic heterocycles. The van der Waals surface area contributed by atoms with Crippen molar-refractivity contribution in [3.05, 3.63) is 64.8 Å². The molecule has 0 aliphatic carbocycles. The molecule has 1 N–H and O–H groups in total. The van der Waals surface area contributed by atoms with Crippen molar-refractivity contribution >= 4 is 34.7 Å². The first kappa shape index (κ1) is 16.7. The lowest BCUT2D eigenvalue weighted by molar-refractivity contribution is 0.416. The van der Waals surface area contributed by atoms with Crippen LogP contribution in [0.3, 0.4) is 0 Å². The van der Waals surface area contributed by atoms with Crippen LogP contribution in [0, 0.1) is 6.92 Å². The first-order valence-corrected chi connectivity index (χ1v) is 8.83. The van der Waals surface area contributed by atoms with Crippen LogP contribution in [-0.4, -0.2) is 23.6 Å². The summed E-state index contributed by atoms with van der Waals surface area (Å²) in [5.74, 6) is 2.07. The number of nitrogens with one attached hydrogen (secondary N) is 1. The summed E-state index contributed by atoms with van der Waals surface area (Å²) in [7, 11) is 1.62. The molecule has 5 nitrogen and oxygen atoms in total. The minimum Gasteiger partial charge on any atom is -0.495 e. The van der Waals surface area contributed by atoms with E-state index in [1.54, 1.807) is 19.4 Å². The van der Waals surface area contributed by atoms with Crippen LogP contribution in [0.2, 0.25) is 5.02 Å². The van der Waals surface area contributed by atoms with Crippen LogP contribution in [0.4, 0.5) is 23.1 Å². The molecule has 26 heavy (non-hydrogen) atoms. The van der Waals surface area contributed by atoms with Gasteiger partial charge >= 0.3 is 0 Å². The van der Waals surface area contributed by atoms with E-state index in [2.05, 4.69) is 33.4 Å². The third kappa shape index (κ3) is 3.06. The van der Waals surface area contributed by atoms with E-state index in [1.807, 2.05) is 25.1 Å². The average molecular weight is 367 g/mol. The second kappa shape index (κ2) is 6.84. The standard InChI is InChI=1S/C20H19ClN4O/c1-13-11-16(18(26-2)12-15(13)21)23-19-7-9-22-20(24-19)25-10-8-14-5-3-4-6-17(14)25/h3-7,9,11-12H,8,10H2,1-2H3,(H,22,23,24). The van der Waals surface area contributed by atoms with E-state index in [4.69, 9.17) is 21.3 Å². The minimum atomic E-state index is 0.671. The van der Waals surface area contributed by atoms with Crippen LogP contribution in [0.15, 0.2) is 48.7 Å². The second-order valence-electron chi connectivity index (χ2n) is 6.20. The van der Waals surface area contributed by atoms with E-state index >= 15 is 0 Å². The van der Waals surface area contributed by atoms with Gasteiger partial charge in [0.15, 0.2) is 0 Å². The summed E-state index contributed by atoms with van der Waals surface area (Å²) in [5, 5.41) is 3.99. The van der Waals surface area contributed by atoms with Crippen molar-refractivity contribution in [2.24, 2.45) is 0 Å². The summed E-state index contributed by atoms with van der Waals surface area (Å²) < 4.78 is 5.43. The van der Waals surface area contributed by atoms with Gasteiger partial charge in [-0.1, -0.05) is 29.8 Å². The zero-order valence-electron chi connectivity index (χ0n) is 14.7. The Hall–Kier alpha value is -2.79. The fraction of sp³-hybridized carbons (Fsp3) is 0.200. The Labute approximate surface area is 157 Å². The number of fused-ring (bicyclic) bond motifs is 1. The fourth-order valence-electron chi connectivity index (χ4n) is 3.16. The molecule has 1 aliphatic rings. The molecule has 4 rings (SSSR count). The molecule has 0 saturated heterocycles. The van der Waals surface area contributed by atoms with Crippen molar-refractivity contribution < 1.29 is 4.74 Å². The van der Waals surface area contributed by atoms with E-state index < -0.39 is 0 Å². The summed E-state index contributed by atoms with van der Waals surface area (Å²) in [6, 6.07) is 14.0. The summed E-state index contributed by atoms with van der Waals surface area (Å²) >= 11 is 6.19. The molecular formula is C20H19ClN4O. The van der Waals surface area contributed by atoms with E-state index in [0.29, 0.717) is 22.5 Å². The number of para-hydroxylation sites is 1. The van der Waals surface area contributed by atoms with Gasteiger partial charge in [-0.3, -0.25) is 0 Å². The van der Waals surface area contributed by atoms with Crippen molar-refractivity contribution in [1.82, 2.24) is 9.97 Å². The van der Waals surface area contributed by atoms with Gasteiger partial charge in [0, 0.05) is 29.5 Å². The van der Waals surface area contributed by atoms with E-state index in [9.17, 15) is 0 Å². The third-order valence-electron chi connectivity index (χ3n) is 4.51. The topological polar surface area (TPSA) is 50.3 Å². The highest BCUT2D eigenvalue weighted by molar-refractivity contribution is 6.31. The number of ether oxygens (including phenoxy) is 1. The fourth-order valence-corrected chi connectivity index (χ4v) is 3.32. The Morgan fingerprint density at radius 1 is 1.19 bits per heavy atom. The maximum Gasteiger partial charge on any atom is 0.231 e. The lowest BCUT2D eigenvalue weighted by atomic mass is 10.2. The number of benzene rings is 2. The van der Waals surface area contributed by atoms with Crippen LogP contribution in [0.5, 0.6) is 5.75 Å². The number of rotatable bonds is 4. The Morgan fingerprint density at radius 2 is 2.04 bits per heavy atom. The first-order valence-electron chi connectivity index (χ1n) is 8.45. The van der Waals surface area contributed by atoms with Gasteiger partial charge in [-0.15, -0.1) is 0 Å². The van der Waals surface area contributed by atoms with Gasteiger partial charge < -0.3 is 15.0 Å². The van der Waals surface area contributed by atoms with E-state index in [0.717, 1.165) is 24.2 Å². The zero-order chi connectivity index (χ0) is 18.1. The van der Waals surface area contributed by atoms with Crippen LogP contribution >= 0.6 is 11.6 Å². The Morgan fingerprint density at radius 3 is 2.88 bits per heavy atom. The van der Waals surface area contributed by atoms with Crippen LogP contribution in [0.1, 0.15) is 11.1 Å². The normalized spacial score (nSPS) is 12.8. The number of nitrogens with zero attached hydrogens (tertiary/aromatic N) is 3. The summed E-state index contributed by atoms with van der Waals surface area (Å²) in [6.07, 6.45) is 2.77. The molecule has 132 valence electrons. The number of aromatic nitrogens is 2. The molecule has 0 unspecified atom stereocenters. The molecule has 0 radical (unpaired) electrons. The van der Waals surface area contributed by atoms with Crippen LogP contribution in [-0.2, 0) is 6.42 Å². The third-order valence-corrected chi connectivity index (χ3v) is 4.92. The molecule has 0 amide bonds. The highest BCUT2D eigenvalue weighted by Crippen LogP contribution is 2.35. The summed E-state index contributed by atoms with van der Waals surface area (Å²) in [4.78, 5) is 11.3. The predicted molar refractivity (Wildman–Crippen MR) is 105 cm³/mol. The molecule has 0 bridgehead atoms. The van der Waals surface area contributed by atoms with Crippen molar-refractivity contribution in [2.45, 2.75) is 13.3 Å². The van der Waals surface area contributed by atoms with Gasteiger partial charge in [-0.2, -0.15) is 4.98 Å². The van der Waals surface area contributed by atoms with Gasteiger partial charge in [-0.05, 0) is 42.7 Å². The van der Waals surface area contributed by atoms with Crippen LogP contribution in [0.25, 0.3) is 0 Å². The number of anilines is 4. The van der Waals surface area contributed by atoms with Gasteiger partial charge in [0.2, 0.25) is 5.95 Å².